The SMILES string of the molecule is CCC1(CC)c2ccc(-c3cnc([C@@H]4CCCN4C(=O)[C@H](NC(=O)O)C(C)C)[nH]3)cc2Oc2ccc3cc(-c4cnc([C@@H]5CCCN5C(=O)[C@@H](NC(=O)OC)C(C)C)[nH]4)ccc3c21. The lowest BCUT2D eigenvalue weighted by Crippen LogP contribution is -2.51. The minimum atomic E-state index is -1.22. The highest BCUT2D eigenvalue weighted by Gasteiger charge is 2.42. The number of rotatable bonds is 12. The average molecular weight is 859 g/mol. The first kappa shape index (κ1) is 43.3. The third-order valence-electron chi connectivity index (χ3n) is 13.5. The van der Waals surface area contributed by atoms with E-state index in [1.165, 1.54) is 7.11 Å². The van der Waals surface area contributed by atoms with E-state index in [9.17, 15) is 24.3 Å². The zero-order chi connectivity index (χ0) is 44.7. The Morgan fingerprint density at radius 1 is 0.794 bits per heavy atom. The molecule has 5 heterocycles. The number of alkyl carbamates (subject to hydrolysis) is 1. The second-order valence-corrected chi connectivity index (χ2v) is 17.7. The van der Waals surface area contributed by atoms with E-state index in [1.807, 2.05) is 38.8 Å². The van der Waals surface area contributed by atoms with Crippen molar-refractivity contribution in [3.63, 3.8) is 0 Å². The highest BCUT2D eigenvalue weighted by atomic mass is 16.5. The molecule has 63 heavy (non-hydrogen) atoms. The molecule has 2 saturated heterocycles. The third-order valence-corrected chi connectivity index (χ3v) is 13.5. The Bertz CT molecular complexity index is 2540. The van der Waals surface area contributed by atoms with E-state index in [1.54, 1.807) is 11.1 Å². The van der Waals surface area contributed by atoms with Crippen molar-refractivity contribution in [3.05, 3.63) is 83.7 Å². The Hall–Kier alpha value is -6.38. The normalized spacial score (nSPS) is 18.8. The van der Waals surface area contributed by atoms with E-state index in [2.05, 4.69) is 83.0 Å². The number of carboxylic acid groups (broad SMARTS) is 1. The number of aromatic nitrogens is 4. The topological polar surface area (TPSA) is 195 Å². The van der Waals surface area contributed by atoms with Crippen LogP contribution in [0, 0.1) is 11.8 Å². The van der Waals surface area contributed by atoms with Crippen molar-refractivity contribution in [1.82, 2.24) is 40.4 Å². The number of ether oxygens (including phenoxy) is 2. The second-order valence-electron chi connectivity index (χ2n) is 17.7. The molecule has 4 atom stereocenters. The number of likely N-dealkylation sites (tertiary alicyclic amines) is 2. The van der Waals surface area contributed by atoms with Crippen LogP contribution in [0.15, 0.2) is 60.9 Å². The standard InChI is InChI=1S/C48H58N8O7/c1-8-48(9-2)32-18-15-30(34-25-50-43(52-34)35-12-10-20-55(35)44(57)40(26(3)4)53-46(59)60)23-38(32)63-37-19-16-28-22-29(14-17-31(28)39(37)48)33-24-49-42(51-33)36-13-11-21-56(36)45(58)41(27(5)6)54-47(61)62-7/h14-19,22-27,35-36,40-41,53H,8-13,20-21H2,1-7H3,(H,49,51)(H,50,52)(H,54,61)(H,59,60)/t35-,36-,40+,41-/m0/s1. The first-order chi connectivity index (χ1) is 30.3. The van der Waals surface area contributed by atoms with Crippen LogP contribution in [0.5, 0.6) is 11.5 Å². The molecule has 5 N–H and O–H groups in total. The van der Waals surface area contributed by atoms with Crippen molar-refractivity contribution >= 4 is 34.8 Å². The number of hydrogen-bond acceptors (Lipinski definition) is 8. The van der Waals surface area contributed by atoms with Gasteiger partial charge in [-0.3, -0.25) is 9.59 Å². The van der Waals surface area contributed by atoms with Crippen LogP contribution in [-0.2, 0) is 19.7 Å². The van der Waals surface area contributed by atoms with Crippen LogP contribution in [0.4, 0.5) is 9.59 Å². The van der Waals surface area contributed by atoms with E-state index in [0.717, 1.165) is 100 Å². The molecule has 8 rings (SSSR count). The molecule has 2 fully saturated rings. The summed E-state index contributed by atoms with van der Waals surface area (Å²) >= 11 is 0. The van der Waals surface area contributed by atoms with Crippen molar-refractivity contribution in [1.29, 1.82) is 0 Å². The van der Waals surface area contributed by atoms with Crippen LogP contribution in [0.1, 0.15) is 115 Å². The Kier molecular flexibility index (Phi) is 12.0. The highest BCUT2D eigenvalue weighted by molar-refractivity contribution is 5.93. The van der Waals surface area contributed by atoms with Gasteiger partial charge in [-0.05, 0) is 79.3 Å². The summed E-state index contributed by atoms with van der Waals surface area (Å²) in [7, 11) is 1.29. The maximum Gasteiger partial charge on any atom is 0.407 e. The van der Waals surface area contributed by atoms with Gasteiger partial charge in [-0.15, -0.1) is 0 Å². The number of hydrogen-bond donors (Lipinski definition) is 5. The lowest BCUT2D eigenvalue weighted by atomic mass is 9.67. The summed E-state index contributed by atoms with van der Waals surface area (Å²) in [6, 6.07) is 14.9. The molecular formula is C48H58N8O7. The van der Waals surface area contributed by atoms with Crippen molar-refractivity contribution in [2.45, 2.75) is 110 Å². The minimum absolute atomic E-state index is 0.120. The molecule has 3 aromatic carbocycles. The molecule has 15 heteroatoms. The van der Waals surface area contributed by atoms with Crippen LogP contribution in [0.3, 0.4) is 0 Å². The summed E-state index contributed by atoms with van der Waals surface area (Å²) in [5.41, 5.74) is 5.51. The maximum absolute atomic E-state index is 13.7. The summed E-state index contributed by atoms with van der Waals surface area (Å²) in [6.07, 6.45) is 6.62. The summed E-state index contributed by atoms with van der Waals surface area (Å²) in [5, 5.41) is 16.7. The summed E-state index contributed by atoms with van der Waals surface area (Å²) in [5.74, 6) is 2.29. The largest absolute Gasteiger partial charge is 0.465 e. The van der Waals surface area contributed by atoms with Gasteiger partial charge in [-0.1, -0.05) is 71.9 Å². The fourth-order valence-corrected chi connectivity index (χ4v) is 10.1. The van der Waals surface area contributed by atoms with Gasteiger partial charge < -0.3 is 45.0 Å². The number of H-pyrrole nitrogens is 2. The molecule has 0 saturated carbocycles. The van der Waals surface area contributed by atoms with Gasteiger partial charge in [0.1, 0.15) is 35.2 Å². The molecule has 0 unspecified atom stereocenters. The number of carbonyl (C=O) groups is 4. The Balaban J connectivity index is 1.05. The van der Waals surface area contributed by atoms with Crippen LogP contribution >= 0.6 is 0 Å². The molecule has 5 aromatic rings. The fourth-order valence-electron chi connectivity index (χ4n) is 10.1. The van der Waals surface area contributed by atoms with Gasteiger partial charge in [0.15, 0.2) is 0 Å². The average Bonchev–Trinajstić information content (AvgIpc) is 4.13. The van der Waals surface area contributed by atoms with E-state index in [-0.39, 0.29) is 41.1 Å². The summed E-state index contributed by atoms with van der Waals surface area (Å²) in [4.78, 5) is 70.9. The molecule has 332 valence electrons. The molecule has 0 aliphatic carbocycles. The first-order valence-corrected chi connectivity index (χ1v) is 22.2. The smallest absolute Gasteiger partial charge is 0.407 e. The molecule has 3 aliphatic heterocycles. The predicted molar refractivity (Wildman–Crippen MR) is 238 cm³/mol. The molecule has 0 bridgehead atoms. The van der Waals surface area contributed by atoms with Gasteiger partial charge in [0.05, 0.1) is 43.0 Å². The van der Waals surface area contributed by atoms with Gasteiger partial charge in [0.25, 0.3) is 0 Å². The second kappa shape index (κ2) is 17.4. The molecule has 2 aromatic heterocycles. The summed E-state index contributed by atoms with van der Waals surface area (Å²) in [6.45, 7) is 13.1. The summed E-state index contributed by atoms with van der Waals surface area (Å²) < 4.78 is 11.6. The van der Waals surface area contributed by atoms with Crippen LogP contribution < -0.4 is 15.4 Å². The van der Waals surface area contributed by atoms with Crippen LogP contribution in [0.2, 0.25) is 0 Å². The predicted octanol–water partition coefficient (Wildman–Crippen LogP) is 8.83. The molecule has 0 spiro atoms. The number of benzene rings is 3. The number of carbonyl (C=O) groups excluding carboxylic acids is 3. The van der Waals surface area contributed by atoms with Crippen molar-refractivity contribution in [2.75, 3.05) is 20.2 Å². The minimum Gasteiger partial charge on any atom is -0.465 e. The van der Waals surface area contributed by atoms with Gasteiger partial charge >= 0.3 is 12.2 Å². The number of imidazole rings is 2. The van der Waals surface area contributed by atoms with Gasteiger partial charge in [-0.2, -0.15) is 0 Å². The molecular weight excluding hydrogens is 801 g/mol. The lowest BCUT2D eigenvalue weighted by Gasteiger charge is -2.40. The number of amides is 4. The number of nitrogens with zero attached hydrogens (tertiary/aromatic N) is 4. The zero-order valence-electron chi connectivity index (χ0n) is 37.1. The molecule has 15 nitrogen and oxygen atoms in total. The zero-order valence-corrected chi connectivity index (χ0v) is 37.1. The monoisotopic (exact) mass is 858 g/mol. The van der Waals surface area contributed by atoms with Gasteiger partial charge in [0, 0.05) is 40.8 Å². The number of aromatic amines is 2. The third kappa shape index (κ3) is 7.86. The van der Waals surface area contributed by atoms with Crippen molar-refractivity contribution in [2.24, 2.45) is 11.8 Å². The Morgan fingerprint density at radius 3 is 1.89 bits per heavy atom. The lowest BCUT2D eigenvalue weighted by molar-refractivity contribution is -0.136. The van der Waals surface area contributed by atoms with E-state index in [4.69, 9.17) is 19.4 Å². The highest BCUT2D eigenvalue weighted by Crippen LogP contribution is 2.55. The van der Waals surface area contributed by atoms with E-state index >= 15 is 0 Å². The van der Waals surface area contributed by atoms with E-state index in [0.29, 0.717) is 18.9 Å². The van der Waals surface area contributed by atoms with E-state index < -0.39 is 24.3 Å². The number of methoxy groups -OCH3 is 1. The molecule has 0 radical (unpaired) electrons. The quantitative estimate of drug-likeness (QED) is 0.0815. The van der Waals surface area contributed by atoms with Crippen molar-refractivity contribution in [3.8, 4) is 34.0 Å². The van der Waals surface area contributed by atoms with Crippen LogP contribution in [-0.4, -0.2) is 91.1 Å². The fraction of sp³-hybridized carbons (Fsp3) is 0.458. The van der Waals surface area contributed by atoms with Gasteiger partial charge in [0.2, 0.25) is 11.8 Å². The molecule has 3 aliphatic rings. The Labute approximate surface area is 367 Å². The maximum atomic E-state index is 13.7. The number of fused-ring (bicyclic) bond motifs is 4. The Morgan fingerprint density at radius 2 is 1.35 bits per heavy atom. The number of nitrogens with one attached hydrogen (secondary N) is 4. The molecule has 4 amide bonds. The van der Waals surface area contributed by atoms with Crippen molar-refractivity contribution < 1.29 is 33.8 Å². The van der Waals surface area contributed by atoms with Gasteiger partial charge in [-0.25, -0.2) is 19.6 Å². The first-order valence-electron chi connectivity index (χ1n) is 22.2. The van der Waals surface area contributed by atoms with Crippen LogP contribution in [0.25, 0.3) is 33.3 Å².